The second-order valence-electron chi connectivity index (χ2n) is 4.59. The number of rotatable bonds is 6. The van der Waals surface area contributed by atoms with E-state index in [-0.39, 0.29) is 5.91 Å². The molecule has 116 valence electrons. The summed E-state index contributed by atoms with van der Waals surface area (Å²) in [6.45, 7) is 1.92. The van der Waals surface area contributed by atoms with Crippen LogP contribution >= 0.6 is 11.3 Å². The summed E-state index contributed by atoms with van der Waals surface area (Å²) < 4.78 is 10.2. The summed E-state index contributed by atoms with van der Waals surface area (Å²) >= 11 is 1.28. The number of nitrogens with one attached hydrogen (secondary N) is 1. The van der Waals surface area contributed by atoms with Crippen LogP contribution in [0.3, 0.4) is 0 Å². The zero-order valence-corrected chi connectivity index (χ0v) is 13.2. The summed E-state index contributed by atoms with van der Waals surface area (Å²) in [4.78, 5) is 24.2. The van der Waals surface area contributed by atoms with E-state index < -0.39 is 12.1 Å². The molecule has 0 bridgehead atoms. The molecular weight excluding hydrogens is 302 g/mol. The van der Waals surface area contributed by atoms with Crippen LogP contribution in [0.4, 0.5) is 0 Å². The van der Waals surface area contributed by atoms with Crippen LogP contribution in [0, 0.1) is 0 Å². The predicted octanol–water partition coefficient (Wildman–Crippen LogP) is 2.62. The minimum Gasteiger partial charge on any atom is -0.497 e. The van der Waals surface area contributed by atoms with Crippen molar-refractivity contribution in [1.29, 1.82) is 0 Å². The normalized spacial score (nSPS) is 11.5. The Labute approximate surface area is 132 Å². The summed E-state index contributed by atoms with van der Waals surface area (Å²) in [6.07, 6.45) is -0.840. The molecule has 5 nitrogen and oxygen atoms in total. The first-order valence-electron chi connectivity index (χ1n) is 6.75. The number of ether oxygens (including phenoxy) is 2. The fraction of sp³-hybridized carbons (Fsp3) is 0.250. The molecule has 0 radical (unpaired) electrons. The largest absolute Gasteiger partial charge is 0.497 e. The lowest BCUT2D eigenvalue weighted by Crippen LogP contribution is -2.35. The predicted molar refractivity (Wildman–Crippen MR) is 84.0 cm³/mol. The first-order chi connectivity index (χ1) is 10.6. The average molecular weight is 319 g/mol. The fourth-order valence-electron chi connectivity index (χ4n) is 1.74. The molecule has 1 atom stereocenters. The van der Waals surface area contributed by atoms with Crippen molar-refractivity contribution in [3.8, 4) is 5.75 Å². The zero-order valence-electron chi connectivity index (χ0n) is 12.4. The molecule has 2 rings (SSSR count). The van der Waals surface area contributed by atoms with Crippen molar-refractivity contribution in [3.05, 3.63) is 52.2 Å². The molecule has 0 aliphatic rings. The third-order valence-corrected chi connectivity index (χ3v) is 3.85. The van der Waals surface area contributed by atoms with Crippen molar-refractivity contribution in [2.45, 2.75) is 19.6 Å². The van der Waals surface area contributed by atoms with Crippen LogP contribution in [0.5, 0.6) is 5.75 Å². The Morgan fingerprint density at radius 2 is 1.95 bits per heavy atom. The van der Waals surface area contributed by atoms with E-state index in [1.165, 1.54) is 11.3 Å². The topological polar surface area (TPSA) is 64.6 Å². The highest BCUT2D eigenvalue weighted by Gasteiger charge is 2.19. The third-order valence-electron chi connectivity index (χ3n) is 3.00. The van der Waals surface area contributed by atoms with Gasteiger partial charge in [-0.25, -0.2) is 4.79 Å². The van der Waals surface area contributed by atoms with Crippen LogP contribution in [-0.4, -0.2) is 25.1 Å². The van der Waals surface area contributed by atoms with Gasteiger partial charge >= 0.3 is 5.97 Å². The van der Waals surface area contributed by atoms with E-state index in [1.807, 2.05) is 24.3 Å². The first-order valence-corrected chi connectivity index (χ1v) is 7.63. The van der Waals surface area contributed by atoms with Crippen LogP contribution in [0.25, 0.3) is 0 Å². The fourth-order valence-corrected chi connectivity index (χ4v) is 2.35. The van der Waals surface area contributed by atoms with Gasteiger partial charge in [0.05, 0.1) is 7.11 Å². The Bertz CT molecular complexity index is 622. The van der Waals surface area contributed by atoms with Crippen LogP contribution in [-0.2, 0) is 16.1 Å². The second kappa shape index (κ2) is 7.61. The molecule has 0 aliphatic carbocycles. The Morgan fingerprint density at radius 3 is 2.55 bits per heavy atom. The molecule has 0 saturated carbocycles. The van der Waals surface area contributed by atoms with E-state index in [0.29, 0.717) is 11.4 Å². The van der Waals surface area contributed by atoms with E-state index in [9.17, 15) is 9.59 Å². The molecule has 1 heterocycles. The van der Waals surface area contributed by atoms with Crippen molar-refractivity contribution >= 4 is 23.2 Å². The zero-order chi connectivity index (χ0) is 15.9. The van der Waals surface area contributed by atoms with Crippen LogP contribution in [0.1, 0.15) is 22.2 Å². The van der Waals surface area contributed by atoms with Gasteiger partial charge in [0.2, 0.25) is 0 Å². The first kappa shape index (κ1) is 16.0. The maximum atomic E-state index is 11.9. The lowest BCUT2D eigenvalue weighted by Gasteiger charge is -2.13. The molecule has 6 heteroatoms. The minimum atomic E-state index is -0.840. The van der Waals surface area contributed by atoms with Crippen molar-refractivity contribution in [2.24, 2.45) is 0 Å². The summed E-state index contributed by atoms with van der Waals surface area (Å²) in [7, 11) is 1.60. The van der Waals surface area contributed by atoms with E-state index in [0.717, 1.165) is 11.3 Å². The van der Waals surface area contributed by atoms with Gasteiger partial charge in [-0.1, -0.05) is 18.2 Å². The highest BCUT2D eigenvalue weighted by Crippen LogP contribution is 2.12. The molecular formula is C16H17NO4S. The molecule has 0 fully saturated rings. The number of methoxy groups -OCH3 is 1. The van der Waals surface area contributed by atoms with Crippen LogP contribution < -0.4 is 10.1 Å². The molecule has 0 spiro atoms. The number of esters is 1. The van der Waals surface area contributed by atoms with Crippen molar-refractivity contribution in [2.75, 3.05) is 7.11 Å². The van der Waals surface area contributed by atoms with Crippen molar-refractivity contribution in [1.82, 2.24) is 5.32 Å². The molecule has 0 unspecified atom stereocenters. The lowest BCUT2D eigenvalue weighted by atomic mass is 10.2. The maximum absolute atomic E-state index is 11.9. The number of benzene rings is 1. The van der Waals surface area contributed by atoms with Crippen molar-refractivity contribution in [3.63, 3.8) is 0 Å². The summed E-state index contributed by atoms with van der Waals surface area (Å²) in [5.74, 6) is -0.0591. The smallest absolute Gasteiger partial charge is 0.349 e. The van der Waals surface area contributed by atoms with Gasteiger partial charge in [-0.2, -0.15) is 0 Å². The van der Waals surface area contributed by atoms with Gasteiger partial charge in [-0.05, 0) is 36.1 Å². The van der Waals surface area contributed by atoms with Gasteiger partial charge in [0, 0.05) is 6.54 Å². The Kier molecular flexibility index (Phi) is 5.55. The molecule has 1 aromatic heterocycles. The summed E-state index contributed by atoms with van der Waals surface area (Å²) in [5, 5.41) is 4.52. The highest BCUT2D eigenvalue weighted by atomic mass is 32.1. The number of carbonyl (C=O) groups excluding carboxylic acids is 2. The van der Waals surface area contributed by atoms with Gasteiger partial charge < -0.3 is 14.8 Å². The Morgan fingerprint density at radius 1 is 1.23 bits per heavy atom. The van der Waals surface area contributed by atoms with Crippen molar-refractivity contribution < 1.29 is 19.1 Å². The van der Waals surface area contributed by atoms with E-state index in [2.05, 4.69) is 5.32 Å². The Hall–Kier alpha value is -2.34. The Balaban J connectivity index is 1.82. The van der Waals surface area contributed by atoms with E-state index >= 15 is 0 Å². The molecule has 1 aromatic carbocycles. The van der Waals surface area contributed by atoms with E-state index in [1.54, 1.807) is 31.5 Å². The minimum absolute atomic E-state index is 0.333. The van der Waals surface area contributed by atoms with Crippen LogP contribution in [0.2, 0.25) is 0 Å². The third kappa shape index (κ3) is 4.33. The van der Waals surface area contributed by atoms with Crippen LogP contribution in [0.15, 0.2) is 41.8 Å². The maximum Gasteiger partial charge on any atom is 0.349 e. The summed E-state index contributed by atoms with van der Waals surface area (Å²) in [6, 6.07) is 10.8. The average Bonchev–Trinajstić information content (AvgIpc) is 3.07. The molecule has 0 aliphatic heterocycles. The number of hydrogen-bond acceptors (Lipinski definition) is 5. The number of hydrogen-bond donors (Lipinski definition) is 1. The number of thiophene rings is 1. The van der Waals surface area contributed by atoms with Gasteiger partial charge in [0.25, 0.3) is 5.91 Å². The second-order valence-corrected chi connectivity index (χ2v) is 5.54. The van der Waals surface area contributed by atoms with Gasteiger partial charge in [-0.3, -0.25) is 4.79 Å². The summed E-state index contributed by atoms with van der Waals surface area (Å²) in [5.41, 5.74) is 0.936. The monoisotopic (exact) mass is 319 g/mol. The highest BCUT2D eigenvalue weighted by molar-refractivity contribution is 7.11. The lowest BCUT2D eigenvalue weighted by molar-refractivity contribution is -0.129. The standard InChI is InChI=1S/C16H17NO4S/c1-11(21-16(19)14-4-3-9-22-14)15(18)17-10-12-5-7-13(20-2)8-6-12/h3-9,11H,10H2,1-2H3,(H,17,18)/t11-/m0/s1. The quantitative estimate of drug-likeness (QED) is 0.831. The van der Waals surface area contributed by atoms with E-state index in [4.69, 9.17) is 9.47 Å². The molecule has 22 heavy (non-hydrogen) atoms. The van der Waals surface area contributed by atoms with Gasteiger partial charge in [0.15, 0.2) is 6.10 Å². The number of carbonyl (C=O) groups is 2. The molecule has 1 amide bonds. The van der Waals surface area contributed by atoms with Gasteiger partial charge in [0.1, 0.15) is 10.6 Å². The molecule has 1 N–H and O–H groups in total. The molecule has 2 aromatic rings. The van der Waals surface area contributed by atoms with Gasteiger partial charge in [-0.15, -0.1) is 11.3 Å². The molecule has 0 saturated heterocycles. The SMILES string of the molecule is COc1ccc(CNC(=O)[C@H](C)OC(=O)c2cccs2)cc1. The number of amides is 1.